The van der Waals surface area contributed by atoms with Crippen molar-refractivity contribution < 1.29 is 4.42 Å². The van der Waals surface area contributed by atoms with Crippen molar-refractivity contribution in [2.24, 2.45) is 0 Å². The highest BCUT2D eigenvalue weighted by molar-refractivity contribution is 5.55. The molecule has 0 atom stereocenters. The quantitative estimate of drug-likeness (QED) is 0.762. The number of benzene rings is 1. The summed E-state index contributed by atoms with van der Waals surface area (Å²) in [5, 5.41) is 0. The molecule has 1 aromatic carbocycles. The van der Waals surface area contributed by atoms with E-state index < -0.39 is 0 Å². The monoisotopic (exact) mass is 215 g/mol. The van der Waals surface area contributed by atoms with Crippen molar-refractivity contribution in [1.29, 1.82) is 0 Å². The Morgan fingerprint density at radius 1 is 1.12 bits per heavy atom. The predicted octanol–water partition coefficient (Wildman–Crippen LogP) is 4.25. The fraction of sp³-hybridized carbons (Fsp3) is 0.357. The Morgan fingerprint density at radius 2 is 1.81 bits per heavy atom. The average Bonchev–Trinajstić information content (AvgIpc) is 2.81. The minimum Gasteiger partial charge on any atom is -0.440 e. The molecule has 0 bridgehead atoms. The van der Waals surface area contributed by atoms with Gasteiger partial charge in [0.25, 0.3) is 0 Å². The van der Waals surface area contributed by atoms with Gasteiger partial charge in [-0.1, -0.05) is 44.2 Å². The Kier molecular flexibility index (Phi) is 3.40. The van der Waals surface area contributed by atoms with E-state index in [1.807, 2.05) is 36.5 Å². The third-order valence-corrected chi connectivity index (χ3v) is 2.92. The van der Waals surface area contributed by atoms with Crippen molar-refractivity contribution in [2.75, 3.05) is 0 Å². The SMILES string of the molecule is CCC(CC)c1ncc(-c2ccccc2)o1. The van der Waals surface area contributed by atoms with Crippen molar-refractivity contribution >= 4 is 0 Å². The standard InChI is InChI=1S/C14H17NO/c1-3-11(4-2)14-15-10-13(16-14)12-8-6-5-7-9-12/h5-11H,3-4H2,1-2H3. The Bertz CT molecular complexity index is 429. The smallest absolute Gasteiger partial charge is 0.197 e. The van der Waals surface area contributed by atoms with Gasteiger partial charge in [0, 0.05) is 11.5 Å². The molecular formula is C14H17NO. The van der Waals surface area contributed by atoms with E-state index in [4.69, 9.17) is 4.42 Å². The summed E-state index contributed by atoms with van der Waals surface area (Å²) in [6.45, 7) is 4.33. The first kappa shape index (κ1) is 10.9. The second-order valence-corrected chi connectivity index (χ2v) is 3.94. The molecule has 0 saturated heterocycles. The fourth-order valence-electron chi connectivity index (χ4n) is 1.85. The van der Waals surface area contributed by atoms with Crippen molar-refractivity contribution in [3.63, 3.8) is 0 Å². The number of oxazole rings is 1. The van der Waals surface area contributed by atoms with Gasteiger partial charge in [0.2, 0.25) is 0 Å². The van der Waals surface area contributed by atoms with E-state index in [2.05, 4.69) is 18.8 Å². The van der Waals surface area contributed by atoms with Crippen LogP contribution in [0.4, 0.5) is 0 Å². The van der Waals surface area contributed by atoms with E-state index in [9.17, 15) is 0 Å². The minimum absolute atomic E-state index is 0.442. The van der Waals surface area contributed by atoms with E-state index in [0.29, 0.717) is 5.92 Å². The van der Waals surface area contributed by atoms with Gasteiger partial charge >= 0.3 is 0 Å². The van der Waals surface area contributed by atoms with E-state index in [1.165, 1.54) is 0 Å². The zero-order valence-electron chi connectivity index (χ0n) is 9.81. The molecule has 2 nitrogen and oxygen atoms in total. The van der Waals surface area contributed by atoms with Crippen LogP contribution in [0.2, 0.25) is 0 Å². The summed E-state index contributed by atoms with van der Waals surface area (Å²) in [5.41, 5.74) is 1.09. The Balaban J connectivity index is 2.26. The van der Waals surface area contributed by atoms with Gasteiger partial charge in [-0.05, 0) is 12.8 Å². The first-order chi connectivity index (χ1) is 7.85. The maximum Gasteiger partial charge on any atom is 0.197 e. The molecule has 0 N–H and O–H groups in total. The second kappa shape index (κ2) is 4.97. The maximum absolute atomic E-state index is 5.80. The Morgan fingerprint density at radius 3 is 2.44 bits per heavy atom. The summed E-state index contributed by atoms with van der Waals surface area (Å²) in [6, 6.07) is 10.1. The number of hydrogen-bond acceptors (Lipinski definition) is 2. The molecule has 2 aromatic rings. The van der Waals surface area contributed by atoms with Crippen molar-refractivity contribution in [1.82, 2.24) is 4.98 Å². The lowest BCUT2D eigenvalue weighted by atomic mass is 10.0. The van der Waals surface area contributed by atoms with Gasteiger partial charge in [-0.15, -0.1) is 0 Å². The molecule has 0 aliphatic heterocycles. The van der Waals surface area contributed by atoms with Crippen molar-refractivity contribution in [2.45, 2.75) is 32.6 Å². The summed E-state index contributed by atoms with van der Waals surface area (Å²) < 4.78 is 5.80. The van der Waals surface area contributed by atoms with Gasteiger partial charge in [-0.2, -0.15) is 0 Å². The molecule has 0 amide bonds. The van der Waals surface area contributed by atoms with Crippen LogP contribution in [-0.4, -0.2) is 4.98 Å². The summed E-state index contributed by atoms with van der Waals surface area (Å²) in [7, 11) is 0. The average molecular weight is 215 g/mol. The number of rotatable bonds is 4. The predicted molar refractivity (Wildman–Crippen MR) is 65.3 cm³/mol. The lowest BCUT2D eigenvalue weighted by Crippen LogP contribution is -1.94. The number of aromatic nitrogens is 1. The van der Waals surface area contributed by atoms with Gasteiger partial charge < -0.3 is 4.42 Å². The number of nitrogens with zero attached hydrogens (tertiary/aromatic N) is 1. The molecule has 0 aliphatic carbocycles. The third kappa shape index (κ3) is 2.16. The molecule has 16 heavy (non-hydrogen) atoms. The maximum atomic E-state index is 5.80. The van der Waals surface area contributed by atoms with Crippen LogP contribution in [-0.2, 0) is 0 Å². The molecular weight excluding hydrogens is 198 g/mol. The fourth-order valence-corrected chi connectivity index (χ4v) is 1.85. The van der Waals surface area contributed by atoms with Crippen LogP contribution < -0.4 is 0 Å². The lowest BCUT2D eigenvalue weighted by Gasteiger charge is -2.06. The molecule has 0 unspecified atom stereocenters. The van der Waals surface area contributed by atoms with Crippen LogP contribution in [0.5, 0.6) is 0 Å². The molecule has 1 heterocycles. The third-order valence-electron chi connectivity index (χ3n) is 2.92. The first-order valence-electron chi connectivity index (χ1n) is 5.86. The molecule has 2 heteroatoms. The van der Waals surface area contributed by atoms with Crippen molar-refractivity contribution in [3.05, 3.63) is 42.4 Å². The molecule has 0 aliphatic rings. The van der Waals surface area contributed by atoms with Gasteiger partial charge in [-0.25, -0.2) is 4.98 Å². The van der Waals surface area contributed by atoms with Crippen LogP contribution in [0, 0.1) is 0 Å². The number of hydrogen-bond donors (Lipinski definition) is 0. The van der Waals surface area contributed by atoms with Gasteiger partial charge in [-0.3, -0.25) is 0 Å². The second-order valence-electron chi connectivity index (χ2n) is 3.94. The highest BCUT2D eigenvalue weighted by atomic mass is 16.4. The topological polar surface area (TPSA) is 26.0 Å². The van der Waals surface area contributed by atoms with E-state index in [-0.39, 0.29) is 0 Å². The van der Waals surface area contributed by atoms with E-state index in [1.54, 1.807) is 0 Å². The summed E-state index contributed by atoms with van der Waals surface area (Å²) >= 11 is 0. The highest BCUT2D eigenvalue weighted by Gasteiger charge is 2.13. The molecule has 0 spiro atoms. The lowest BCUT2D eigenvalue weighted by molar-refractivity contribution is 0.439. The molecule has 0 saturated carbocycles. The van der Waals surface area contributed by atoms with Gasteiger partial charge in [0.1, 0.15) is 0 Å². The van der Waals surface area contributed by atoms with Crippen LogP contribution >= 0.6 is 0 Å². The zero-order chi connectivity index (χ0) is 11.4. The molecule has 84 valence electrons. The first-order valence-corrected chi connectivity index (χ1v) is 5.86. The van der Waals surface area contributed by atoms with Crippen LogP contribution in [0.15, 0.2) is 40.9 Å². The zero-order valence-corrected chi connectivity index (χ0v) is 9.81. The van der Waals surface area contributed by atoms with Crippen LogP contribution in [0.25, 0.3) is 11.3 Å². The Labute approximate surface area is 96.3 Å². The Hall–Kier alpha value is -1.57. The van der Waals surface area contributed by atoms with Crippen molar-refractivity contribution in [3.8, 4) is 11.3 Å². The molecule has 2 rings (SSSR count). The normalized spacial score (nSPS) is 10.9. The molecule has 0 radical (unpaired) electrons. The largest absolute Gasteiger partial charge is 0.440 e. The van der Waals surface area contributed by atoms with Crippen LogP contribution in [0.1, 0.15) is 38.5 Å². The highest BCUT2D eigenvalue weighted by Crippen LogP contribution is 2.26. The molecule has 1 aromatic heterocycles. The summed E-state index contributed by atoms with van der Waals surface area (Å²) in [5.74, 6) is 2.17. The van der Waals surface area contributed by atoms with Gasteiger partial charge in [0.15, 0.2) is 11.7 Å². The molecule has 0 fully saturated rings. The summed E-state index contributed by atoms with van der Waals surface area (Å²) in [6.07, 6.45) is 3.97. The van der Waals surface area contributed by atoms with E-state index in [0.717, 1.165) is 30.1 Å². The minimum atomic E-state index is 0.442. The van der Waals surface area contributed by atoms with E-state index >= 15 is 0 Å². The summed E-state index contributed by atoms with van der Waals surface area (Å²) in [4.78, 5) is 4.37. The van der Waals surface area contributed by atoms with Crippen LogP contribution in [0.3, 0.4) is 0 Å². The van der Waals surface area contributed by atoms with Gasteiger partial charge in [0.05, 0.1) is 6.20 Å².